The second-order valence-electron chi connectivity index (χ2n) is 5.03. The van der Waals surface area contributed by atoms with Gasteiger partial charge >= 0.3 is 0 Å². The van der Waals surface area contributed by atoms with Crippen LogP contribution in [-0.2, 0) is 9.84 Å². The van der Waals surface area contributed by atoms with E-state index in [4.69, 9.17) is 0 Å². The van der Waals surface area contributed by atoms with Gasteiger partial charge in [0.25, 0.3) is 0 Å². The maximum atomic E-state index is 11.4. The molecule has 5 heteroatoms. The molecule has 1 N–H and O–H groups in total. The minimum absolute atomic E-state index is 0.325. The molecule has 1 heterocycles. The summed E-state index contributed by atoms with van der Waals surface area (Å²) in [6.07, 6.45) is 1.13. The topological polar surface area (TPSA) is 49.4 Å². The Morgan fingerprint density at radius 3 is 2.25 bits per heavy atom. The summed E-state index contributed by atoms with van der Waals surface area (Å²) < 4.78 is 22.7. The average Bonchev–Trinajstić information content (AvgIpc) is 2.16. The fraction of sp³-hybridized carbons (Fsp3) is 1.00. The number of hydrogen-bond acceptors (Lipinski definition) is 4. The number of nitrogens with zero attached hydrogens (tertiary/aromatic N) is 1. The smallest absolute Gasteiger partial charge is 0.152 e. The van der Waals surface area contributed by atoms with E-state index in [1.165, 1.54) is 0 Å². The Kier molecular flexibility index (Phi) is 5.21. The first-order valence-corrected chi connectivity index (χ1v) is 7.86. The van der Waals surface area contributed by atoms with Crippen molar-refractivity contribution < 1.29 is 8.42 Å². The van der Waals surface area contributed by atoms with Crippen LogP contribution in [0.1, 0.15) is 20.3 Å². The van der Waals surface area contributed by atoms with Gasteiger partial charge in [0.1, 0.15) is 0 Å². The van der Waals surface area contributed by atoms with Gasteiger partial charge in [0.2, 0.25) is 0 Å². The Morgan fingerprint density at radius 2 is 1.81 bits per heavy atom. The summed E-state index contributed by atoms with van der Waals surface area (Å²) in [5.41, 5.74) is 0. The third kappa shape index (κ3) is 4.39. The molecule has 96 valence electrons. The molecule has 16 heavy (non-hydrogen) atoms. The third-order valence-electron chi connectivity index (χ3n) is 3.08. The van der Waals surface area contributed by atoms with E-state index >= 15 is 0 Å². The summed E-state index contributed by atoms with van der Waals surface area (Å²) in [5, 5.41) is 3.20. The molecule has 0 aromatic carbocycles. The molecule has 1 fully saturated rings. The van der Waals surface area contributed by atoms with Gasteiger partial charge in [-0.05, 0) is 19.4 Å². The summed E-state index contributed by atoms with van der Waals surface area (Å²) in [6.45, 7) is 6.76. The average molecular weight is 248 g/mol. The first kappa shape index (κ1) is 13.9. The van der Waals surface area contributed by atoms with Crippen LogP contribution < -0.4 is 5.32 Å². The van der Waals surface area contributed by atoms with Crippen LogP contribution in [0.5, 0.6) is 0 Å². The molecule has 4 nitrogen and oxygen atoms in total. The summed E-state index contributed by atoms with van der Waals surface area (Å²) in [6, 6.07) is 0.473. The lowest BCUT2D eigenvalue weighted by Crippen LogP contribution is -2.49. The molecule has 0 spiro atoms. The van der Waals surface area contributed by atoms with Crippen LogP contribution in [-0.4, -0.2) is 57.5 Å². The highest BCUT2D eigenvalue weighted by molar-refractivity contribution is 7.91. The fourth-order valence-electron chi connectivity index (χ4n) is 2.23. The molecule has 1 saturated heterocycles. The van der Waals surface area contributed by atoms with Crippen LogP contribution in [0, 0.1) is 5.92 Å². The van der Waals surface area contributed by atoms with Gasteiger partial charge in [-0.2, -0.15) is 0 Å². The number of hydrogen-bond donors (Lipinski definition) is 1. The highest BCUT2D eigenvalue weighted by atomic mass is 32.2. The van der Waals surface area contributed by atoms with Crippen LogP contribution in [0.3, 0.4) is 0 Å². The third-order valence-corrected chi connectivity index (χ3v) is 4.69. The van der Waals surface area contributed by atoms with E-state index in [9.17, 15) is 8.42 Å². The molecule has 0 radical (unpaired) electrons. The minimum atomic E-state index is -2.75. The van der Waals surface area contributed by atoms with Crippen molar-refractivity contribution in [3.8, 4) is 0 Å². The van der Waals surface area contributed by atoms with E-state index in [0.29, 0.717) is 36.6 Å². The van der Waals surface area contributed by atoms with E-state index in [1.807, 2.05) is 7.05 Å². The molecule has 1 rings (SSSR count). The Morgan fingerprint density at radius 1 is 1.25 bits per heavy atom. The molecule has 1 atom stereocenters. The summed E-state index contributed by atoms with van der Waals surface area (Å²) >= 11 is 0. The van der Waals surface area contributed by atoms with E-state index in [0.717, 1.165) is 13.0 Å². The summed E-state index contributed by atoms with van der Waals surface area (Å²) in [7, 11) is -0.802. The van der Waals surface area contributed by atoms with Crippen molar-refractivity contribution in [1.82, 2.24) is 10.2 Å². The van der Waals surface area contributed by atoms with Crippen molar-refractivity contribution in [1.29, 1.82) is 0 Å². The predicted molar refractivity (Wildman–Crippen MR) is 67.4 cm³/mol. The molecule has 0 aliphatic carbocycles. The zero-order valence-corrected chi connectivity index (χ0v) is 11.4. The molecule has 1 unspecified atom stereocenters. The molecular weight excluding hydrogens is 224 g/mol. The molecule has 0 amide bonds. The van der Waals surface area contributed by atoms with Crippen molar-refractivity contribution in [2.45, 2.75) is 26.3 Å². The van der Waals surface area contributed by atoms with Crippen molar-refractivity contribution >= 4 is 9.84 Å². The molecular formula is C11H24N2O2S. The normalized spacial score (nSPS) is 23.5. The molecule has 0 saturated carbocycles. The van der Waals surface area contributed by atoms with Gasteiger partial charge in [-0.15, -0.1) is 0 Å². The second kappa shape index (κ2) is 5.98. The Balaban J connectivity index is 2.52. The quantitative estimate of drug-likeness (QED) is 0.763. The molecule has 0 bridgehead atoms. The molecule has 0 aromatic rings. The van der Waals surface area contributed by atoms with Gasteiger partial charge in [-0.1, -0.05) is 13.8 Å². The highest BCUT2D eigenvalue weighted by Gasteiger charge is 2.26. The van der Waals surface area contributed by atoms with E-state index in [-0.39, 0.29) is 0 Å². The Bertz CT molecular complexity index is 287. The van der Waals surface area contributed by atoms with Crippen LogP contribution in [0.4, 0.5) is 0 Å². The zero-order valence-electron chi connectivity index (χ0n) is 10.6. The molecule has 0 aromatic heterocycles. The highest BCUT2D eigenvalue weighted by Crippen LogP contribution is 2.14. The fourth-order valence-corrected chi connectivity index (χ4v) is 3.46. The van der Waals surface area contributed by atoms with Gasteiger partial charge in [0.05, 0.1) is 11.5 Å². The first-order chi connectivity index (χ1) is 7.44. The molecule has 1 aliphatic heterocycles. The zero-order chi connectivity index (χ0) is 12.2. The van der Waals surface area contributed by atoms with Gasteiger partial charge in [0, 0.05) is 25.7 Å². The van der Waals surface area contributed by atoms with Crippen molar-refractivity contribution in [3.63, 3.8) is 0 Å². The summed E-state index contributed by atoms with van der Waals surface area (Å²) in [5.74, 6) is 1.30. The standard InChI is InChI=1S/C11H24N2O2S/c1-10(2)8-11(9-12-3)13-4-6-16(14,15)7-5-13/h10-12H,4-9H2,1-3H3. The minimum Gasteiger partial charge on any atom is -0.318 e. The van der Waals surface area contributed by atoms with Gasteiger partial charge in [-0.3, -0.25) is 4.90 Å². The monoisotopic (exact) mass is 248 g/mol. The van der Waals surface area contributed by atoms with E-state index < -0.39 is 9.84 Å². The van der Waals surface area contributed by atoms with E-state index in [1.54, 1.807) is 0 Å². The lowest BCUT2D eigenvalue weighted by atomic mass is 10.0. The maximum absolute atomic E-state index is 11.4. The number of likely N-dealkylation sites (N-methyl/N-ethyl adjacent to an activating group) is 1. The lowest BCUT2D eigenvalue weighted by molar-refractivity contribution is 0.185. The Labute approximate surface area is 99.3 Å². The largest absolute Gasteiger partial charge is 0.318 e. The van der Waals surface area contributed by atoms with Crippen LogP contribution in [0.15, 0.2) is 0 Å². The van der Waals surface area contributed by atoms with Crippen LogP contribution in [0.2, 0.25) is 0 Å². The number of rotatable bonds is 5. The Hall–Kier alpha value is -0.130. The van der Waals surface area contributed by atoms with E-state index in [2.05, 4.69) is 24.1 Å². The second-order valence-corrected chi connectivity index (χ2v) is 7.33. The van der Waals surface area contributed by atoms with Gasteiger partial charge in [0.15, 0.2) is 9.84 Å². The maximum Gasteiger partial charge on any atom is 0.152 e. The number of sulfone groups is 1. The number of nitrogens with one attached hydrogen (secondary N) is 1. The SMILES string of the molecule is CNCC(CC(C)C)N1CCS(=O)(=O)CC1. The summed E-state index contributed by atoms with van der Waals surface area (Å²) in [4.78, 5) is 2.32. The first-order valence-electron chi connectivity index (χ1n) is 6.03. The lowest BCUT2D eigenvalue weighted by Gasteiger charge is -2.35. The van der Waals surface area contributed by atoms with Gasteiger partial charge in [-0.25, -0.2) is 8.42 Å². The van der Waals surface area contributed by atoms with Crippen molar-refractivity contribution in [2.75, 3.05) is 38.2 Å². The molecule has 1 aliphatic rings. The predicted octanol–water partition coefficient (Wildman–Crippen LogP) is 0.351. The van der Waals surface area contributed by atoms with Crippen LogP contribution >= 0.6 is 0 Å². The van der Waals surface area contributed by atoms with Gasteiger partial charge < -0.3 is 5.32 Å². The van der Waals surface area contributed by atoms with Crippen molar-refractivity contribution in [3.05, 3.63) is 0 Å². The van der Waals surface area contributed by atoms with Crippen LogP contribution in [0.25, 0.3) is 0 Å². The van der Waals surface area contributed by atoms with Crippen molar-refractivity contribution in [2.24, 2.45) is 5.92 Å².